The van der Waals surface area contributed by atoms with E-state index < -0.39 is 17.2 Å². The number of nitrogens with one attached hydrogen (secondary N) is 1. The Balaban J connectivity index is 1.38. The normalized spacial score (nSPS) is 18.7. The molecule has 11 nitrogen and oxygen atoms in total. The quantitative estimate of drug-likeness (QED) is 0.185. The van der Waals surface area contributed by atoms with Crippen molar-refractivity contribution in [3.8, 4) is 17.0 Å². The van der Waals surface area contributed by atoms with Crippen molar-refractivity contribution in [2.75, 3.05) is 36.9 Å². The van der Waals surface area contributed by atoms with Crippen LogP contribution in [0.2, 0.25) is 5.02 Å². The number of anilines is 2. The molecule has 2 saturated heterocycles. The smallest absolute Gasteiger partial charge is 0.429 e. The third-order valence-electron chi connectivity index (χ3n) is 8.01. The molecule has 2 aliphatic rings. The van der Waals surface area contributed by atoms with Crippen molar-refractivity contribution in [3.63, 3.8) is 0 Å². The van der Waals surface area contributed by atoms with Crippen LogP contribution in [0.3, 0.4) is 0 Å². The molecule has 234 valence electrons. The van der Waals surface area contributed by atoms with Gasteiger partial charge in [0.1, 0.15) is 11.9 Å². The lowest BCUT2D eigenvalue weighted by atomic mass is 9.76. The summed E-state index contributed by atoms with van der Waals surface area (Å²) in [5, 5.41) is 14.5. The zero-order chi connectivity index (χ0) is 31.6. The van der Waals surface area contributed by atoms with Crippen LogP contribution in [0.15, 0.2) is 48.5 Å². The van der Waals surface area contributed by atoms with Gasteiger partial charge in [0.05, 0.1) is 11.5 Å². The number of benzene rings is 2. The Bertz CT molecular complexity index is 1530. The van der Waals surface area contributed by atoms with E-state index in [1.165, 1.54) is 48.5 Å². The molecule has 0 radical (unpaired) electrons. The summed E-state index contributed by atoms with van der Waals surface area (Å²) < 4.78 is 54.3. The van der Waals surface area contributed by atoms with Gasteiger partial charge in [0.15, 0.2) is 0 Å². The largest absolute Gasteiger partial charge is 0.465 e. The number of hydrogen-bond acceptors (Lipinski definition) is 10. The first-order valence-electron chi connectivity index (χ1n) is 13.9. The molecule has 3 N–H and O–H groups in total. The van der Waals surface area contributed by atoms with E-state index in [0.29, 0.717) is 38.5 Å². The average Bonchev–Trinajstić information content (AvgIpc) is 3.39. The fraction of sp³-hybridized carbons (Fsp3) is 0.414. The lowest BCUT2D eigenvalue weighted by molar-refractivity contribution is -0.384. The monoisotopic (exact) mass is 634 g/mol. The van der Waals surface area contributed by atoms with Crippen LogP contribution < -0.4 is 20.7 Å². The number of ether oxygens (including phenoxy) is 2. The van der Waals surface area contributed by atoms with E-state index in [4.69, 9.17) is 26.8 Å². The van der Waals surface area contributed by atoms with Crippen LogP contribution in [0.1, 0.15) is 37.9 Å². The number of halogens is 4. The predicted molar refractivity (Wildman–Crippen MR) is 156 cm³/mol. The molecule has 0 amide bonds. The number of nitrogens with zero attached hydrogens (tertiary/aromatic N) is 4. The Morgan fingerprint density at radius 1 is 1.20 bits per heavy atom. The molecule has 0 saturated carbocycles. The molecule has 3 aromatic rings. The predicted octanol–water partition coefficient (Wildman–Crippen LogP) is 5.48. The summed E-state index contributed by atoms with van der Waals surface area (Å²) in [6.07, 6.45) is -5.26. The second kappa shape index (κ2) is 12.4. The van der Waals surface area contributed by atoms with E-state index in [2.05, 4.69) is 15.3 Å². The highest BCUT2D eigenvalue weighted by Gasteiger charge is 2.46. The van der Waals surface area contributed by atoms with Crippen LogP contribution in [0.5, 0.6) is 5.88 Å². The summed E-state index contributed by atoms with van der Waals surface area (Å²) in [4.78, 5) is 32.8. The third-order valence-corrected chi connectivity index (χ3v) is 8.24. The summed E-state index contributed by atoms with van der Waals surface area (Å²) in [5.41, 5.74) is 5.71. The minimum absolute atomic E-state index is 0.0876. The molecular weight excluding hydrogens is 605 g/mol. The van der Waals surface area contributed by atoms with Crippen LogP contribution in [0.4, 0.5) is 30.6 Å². The zero-order valence-corrected chi connectivity index (χ0v) is 24.4. The number of nitro groups is 1. The first-order valence-corrected chi connectivity index (χ1v) is 14.3. The topological polar surface area (TPSA) is 146 Å². The van der Waals surface area contributed by atoms with E-state index in [1.54, 1.807) is 6.92 Å². The van der Waals surface area contributed by atoms with E-state index in [9.17, 15) is 28.1 Å². The molecule has 0 unspecified atom stereocenters. The molecule has 2 aliphatic heterocycles. The van der Waals surface area contributed by atoms with Gasteiger partial charge in [0.2, 0.25) is 17.9 Å². The number of hydrogen-bond donors (Lipinski definition) is 2. The van der Waals surface area contributed by atoms with Gasteiger partial charge in [0, 0.05) is 48.4 Å². The SMILES string of the molecule is CCOC(=O)[C@@H]1CC2(CCN(c3cc(O[C@H](c4ccc(Cl)cc4-c4ccc([N+](=O)[O-])cc4)C(F)(F)F)nc(N)n3)CC2)CN1. The van der Waals surface area contributed by atoms with Crippen LogP contribution >= 0.6 is 11.6 Å². The lowest BCUT2D eigenvalue weighted by Crippen LogP contribution is -2.41. The molecule has 1 aromatic heterocycles. The number of alkyl halides is 3. The minimum Gasteiger partial charge on any atom is -0.465 e. The molecule has 15 heteroatoms. The number of carbonyl (C=O) groups is 1. The van der Waals surface area contributed by atoms with E-state index in [1.807, 2.05) is 4.90 Å². The number of carbonyl (C=O) groups excluding carboxylic acids is 1. The molecule has 0 bridgehead atoms. The number of piperidine rings is 1. The number of nitrogen functional groups attached to an aromatic ring is 1. The van der Waals surface area contributed by atoms with Gasteiger partial charge >= 0.3 is 12.1 Å². The lowest BCUT2D eigenvalue weighted by Gasteiger charge is -2.39. The number of aromatic nitrogens is 2. The Kier molecular flexibility index (Phi) is 8.84. The van der Waals surface area contributed by atoms with Crippen LogP contribution in [0.25, 0.3) is 11.1 Å². The molecule has 0 aliphatic carbocycles. The van der Waals surface area contributed by atoms with Crippen LogP contribution in [0, 0.1) is 15.5 Å². The van der Waals surface area contributed by atoms with Gasteiger partial charge in [-0.05, 0) is 67.0 Å². The number of nitro benzene ring substituents is 1. The number of nitrogens with two attached hydrogens (primary N) is 1. The first kappa shape index (κ1) is 31.3. The van der Waals surface area contributed by atoms with Crippen molar-refractivity contribution >= 4 is 35.0 Å². The Labute approximate surface area is 255 Å². The standard InChI is InChI=1S/C29H30ClF3N6O5/c1-2-43-26(40)22-15-28(16-35-22)9-11-38(12-10-28)23-14-24(37-27(34)36-23)44-25(29(31,32)33)20-8-5-18(30)13-21(20)17-3-6-19(7-4-17)39(41)42/h3-8,13-14,22,25,35H,2,9-12,15-16H2,1H3,(H2,34,36,37)/t22-,25+/m0/s1. The highest BCUT2D eigenvalue weighted by Crippen LogP contribution is 2.43. The molecule has 2 aromatic carbocycles. The molecule has 2 atom stereocenters. The summed E-state index contributed by atoms with van der Waals surface area (Å²) in [5.74, 6) is -0.573. The van der Waals surface area contributed by atoms with Crippen LogP contribution in [-0.2, 0) is 9.53 Å². The van der Waals surface area contributed by atoms with Gasteiger partial charge in [-0.2, -0.15) is 23.1 Å². The van der Waals surface area contributed by atoms with Crippen molar-refractivity contribution in [1.82, 2.24) is 15.3 Å². The van der Waals surface area contributed by atoms with E-state index in [-0.39, 0.29) is 56.7 Å². The maximum absolute atomic E-state index is 14.5. The average molecular weight is 635 g/mol. The van der Waals surface area contributed by atoms with E-state index >= 15 is 0 Å². The summed E-state index contributed by atoms with van der Waals surface area (Å²) in [7, 11) is 0. The van der Waals surface area contributed by atoms with Crippen molar-refractivity contribution in [3.05, 3.63) is 69.2 Å². The summed E-state index contributed by atoms with van der Waals surface area (Å²) in [6.45, 7) is 3.81. The molecule has 44 heavy (non-hydrogen) atoms. The van der Waals surface area contributed by atoms with Crippen molar-refractivity contribution in [1.29, 1.82) is 0 Å². The molecular formula is C29H30ClF3N6O5. The Hall–Kier alpha value is -4.17. The number of rotatable bonds is 8. The van der Waals surface area contributed by atoms with Crippen molar-refractivity contribution < 1.29 is 32.4 Å². The molecule has 1 spiro atoms. The minimum atomic E-state index is -4.88. The molecule has 3 heterocycles. The van der Waals surface area contributed by atoms with Gasteiger partial charge < -0.3 is 25.4 Å². The summed E-state index contributed by atoms with van der Waals surface area (Å²) >= 11 is 6.14. The van der Waals surface area contributed by atoms with Gasteiger partial charge in [-0.1, -0.05) is 17.7 Å². The second-order valence-electron chi connectivity index (χ2n) is 10.9. The fourth-order valence-corrected chi connectivity index (χ4v) is 5.94. The molecule has 2 fully saturated rings. The number of non-ortho nitro benzene ring substituents is 1. The van der Waals surface area contributed by atoms with Crippen molar-refractivity contribution in [2.45, 2.75) is 44.5 Å². The van der Waals surface area contributed by atoms with Gasteiger partial charge in [-0.25, -0.2) is 0 Å². The van der Waals surface area contributed by atoms with Crippen molar-refractivity contribution in [2.24, 2.45) is 5.41 Å². The fourth-order valence-electron chi connectivity index (χ4n) is 5.77. The van der Waals surface area contributed by atoms with Gasteiger partial charge in [-0.15, -0.1) is 0 Å². The third kappa shape index (κ3) is 6.81. The van der Waals surface area contributed by atoms with Crippen LogP contribution in [-0.4, -0.2) is 59.3 Å². The van der Waals surface area contributed by atoms with Gasteiger partial charge in [-0.3, -0.25) is 14.9 Å². The zero-order valence-electron chi connectivity index (χ0n) is 23.6. The Morgan fingerprint density at radius 2 is 1.91 bits per heavy atom. The highest BCUT2D eigenvalue weighted by atomic mass is 35.5. The maximum Gasteiger partial charge on any atom is 0.429 e. The first-order chi connectivity index (χ1) is 20.9. The van der Waals surface area contributed by atoms with E-state index in [0.717, 1.165) is 12.8 Å². The summed E-state index contributed by atoms with van der Waals surface area (Å²) in [6, 6.07) is 9.90. The second-order valence-corrected chi connectivity index (χ2v) is 11.3. The maximum atomic E-state index is 14.5. The van der Waals surface area contributed by atoms with Gasteiger partial charge in [0.25, 0.3) is 5.69 Å². The number of esters is 1. The Morgan fingerprint density at radius 3 is 2.55 bits per heavy atom. The highest BCUT2D eigenvalue weighted by molar-refractivity contribution is 6.30. The molecule has 5 rings (SSSR count).